The summed E-state index contributed by atoms with van der Waals surface area (Å²) >= 11 is 0. The van der Waals surface area contributed by atoms with Gasteiger partial charge in [-0.2, -0.15) is 0 Å². The first-order valence-corrected chi connectivity index (χ1v) is 16.4. The molecular formula is C37H54O4. The molecule has 2 saturated carbocycles. The Labute approximate surface area is 249 Å². The summed E-state index contributed by atoms with van der Waals surface area (Å²) < 4.78 is 12.2. The van der Waals surface area contributed by atoms with Crippen molar-refractivity contribution in [2.24, 2.45) is 46.3 Å². The molecule has 1 N–H and O–H groups in total. The van der Waals surface area contributed by atoms with Crippen molar-refractivity contribution in [3.63, 3.8) is 0 Å². The molecule has 1 unspecified atom stereocenters. The van der Waals surface area contributed by atoms with Gasteiger partial charge in [-0.15, -0.1) is 0 Å². The Morgan fingerprint density at radius 2 is 1.68 bits per heavy atom. The van der Waals surface area contributed by atoms with Crippen LogP contribution in [0.2, 0.25) is 0 Å². The Kier molecular flexibility index (Phi) is 8.94. The van der Waals surface area contributed by atoms with E-state index in [1.807, 2.05) is 6.07 Å². The Bertz CT molecular complexity index is 1140. The Hall–Kier alpha value is -1.91. The van der Waals surface area contributed by atoms with E-state index >= 15 is 0 Å². The van der Waals surface area contributed by atoms with Gasteiger partial charge in [-0.1, -0.05) is 95.2 Å². The number of fused-ring (bicyclic) bond motifs is 5. The first kappa shape index (κ1) is 30.5. The third-order valence-corrected chi connectivity index (χ3v) is 12.2. The molecule has 0 heterocycles. The predicted octanol–water partition coefficient (Wildman–Crippen LogP) is 8.29. The fraction of sp³-hybridized carbons (Fsp3) is 0.703. The van der Waals surface area contributed by atoms with Gasteiger partial charge in [0.05, 0.1) is 18.8 Å². The van der Waals surface area contributed by atoms with Crippen LogP contribution in [0.5, 0.6) is 0 Å². The third-order valence-electron chi connectivity index (χ3n) is 12.2. The van der Waals surface area contributed by atoms with Crippen molar-refractivity contribution in [3.8, 4) is 0 Å². The van der Waals surface area contributed by atoms with Crippen molar-refractivity contribution in [1.82, 2.24) is 0 Å². The second-order valence-electron chi connectivity index (χ2n) is 14.7. The highest BCUT2D eigenvalue weighted by Gasteiger charge is 2.57. The molecule has 41 heavy (non-hydrogen) atoms. The summed E-state index contributed by atoms with van der Waals surface area (Å²) in [6.45, 7) is 16.0. The molecule has 4 heteroatoms. The number of carbonyl (C=O) groups excluding carboxylic acids is 1. The highest BCUT2D eigenvalue weighted by Crippen LogP contribution is 2.66. The fourth-order valence-corrected chi connectivity index (χ4v) is 9.45. The van der Waals surface area contributed by atoms with Crippen molar-refractivity contribution in [1.29, 1.82) is 0 Å². The van der Waals surface area contributed by atoms with Crippen molar-refractivity contribution in [3.05, 3.63) is 59.2 Å². The average molecular weight is 563 g/mol. The Balaban J connectivity index is 1.32. The molecule has 0 spiro atoms. The van der Waals surface area contributed by atoms with E-state index in [2.05, 4.69) is 78.0 Å². The molecule has 226 valence electrons. The number of rotatable bonds is 9. The van der Waals surface area contributed by atoms with Crippen LogP contribution in [0.1, 0.15) is 99.0 Å². The van der Waals surface area contributed by atoms with Crippen LogP contribution in [-0.2, 0) is 20.9 Å². The van der Waals surface area contributed by atoms with Crippen LogP contribution < -0.4 is 0 Å². The monoisotopic (exact) mass is 562 g/mol. The van der Waals surface area contributed by atoms with E-state index in [0.717, 1.165) is 37.7 Å². The molecular weight excluding hydrogens is 508 g/mol. The van der Waals surface area contributed by atoms with Crippen molar-refractivity contribution < 1.29 is 19.4 Å². The van der Waals surface area contributed by atoms with Gasteiger partial charge in [0, 0.05) is 19.3 Å². The van der Waals surface area contributed by atoms with Crippen LogP contribution in [0.25, 0.3) is 0 Å². The largest absolute Gasteiger partial charge is 0.462 e. The maximum atomic E-state index is 11.9. The zero-order valence-electron chi connectivity index (χ0n) is 26.6. The van der Waals surface area contributed by atoms with E-state index in [9.17, 15) is 9.90 Å². The standard InChI is InChI=1S/C37H54O4/c1-23(2)24(3)35(40-22-27-11-9-8-10-12-27)34(39)25(4)31-15-16-32-30-14-13-28-21-29(41-26(5)38)17-19-36(28,6)33(30)18-20-37(31,32)7/h8-13,15,23-25,29-30,32-35,39H,14,16-22H2,1-7H3/t24-,25-,29-,30-,32-,33-,34?,35+,36-,37+/m0/s1. The maximum Gasteiger partial charge on any atom is 0.302 e. The van der Waals surface area contributed by atoms with Crippen molar-refractivity contribution in [2.75, 3.05) is 0 Å². The quantitative estimate of drug-likeness (QED) is 0.243. The molecule has 0 aromatic heterocycles. The molecule has 0 radical (unpaired) electrons. The number of ether oxygens (including phenoxy) is 2. The number of hydrogen-bond donors (Lipinski definition) is 1. The number of hydrogen-bond acceptors (Lipinski definition) is 4. The summed E-state index contributed by atoms with van der Waals surface area (Å²) in [5, 5.41) is 11.9. The summed E-state index contributed by atoms with van der Waals surface area (Å²) in [5.41, 5.74) is 4.51. The highest BCUT2D eigenvalue weighted by atomic mass is 16.5. The molecule has 0 saturated heterocycles. The lowest BCUT2D eigenvalue weighted by Gasteiger charge is -2.58. The lowest BCUT2D eigenvalue weighted by molar-refractivity contribution is -0.148. The summed E-state index contributed by atoms with van der Waals surface area (Å²) in [4.78, 5) is 11.6. The van der Waals surface area contributed by atoms with Gasteiger partial charge >= 0.3 is 5.97 Å². The smallest absolute Gasteiger partial charge is 0.302 e. The summed E-state index contributed by atoms with van der Waals surface area (Å²) in [5.74, 6) is 2.57. The number of aliphatic hydroxyl groups excluding tert-OH is 1. The van der Waals surface area contributed by atoms with Gasteiger partial charge in [0.2, 0.25) is 0 Å². The molecule has 0 bridgehead atoms. The number of carbonyl (C=O) groups is 1. The molecule has 4 nitrogen and oxygen atoms in total. The molecule has 1 aromatic rings. The zero-order valence-corrected chi connectivity index (χ0v) is 26.6. The van der Waals surface area contributed by atoms with E-state index in [0.29, 0.717) is 30.3 Å². The number of esters is 1. The zero-order chi connectivity index (χ0) is 29.5. The van der Waals surface area contributed by atoms with Crippen molar-refractivity contribution >= 4 is 5.97 Å². The van der Waals surface area contributed by atoms with Crippen LogP contribution >= 0.6 is 0 Å². The predicted molar refractivity (Wildman–Crippen MR) is 165 cm³/mol. The van der Waals surface area contributed by atoms with E-state index in [4.69, 9.17) is 9.47 Å². The second-order valence-corrected chi connectivity index (χ2v) is 14.7. The van der Waals surface area contributed by atoms with E-state index < -0.39 is 6.10 Å². The van der Waals surface area contributed by atoms with Gasteiger partial charge in [-0.25, -0.2) is 0 Å². The topological polar surface area (TPSA) is 55.8 Å². The summed E-state index contributed by atoms with van der Waals surface area (Å²) in [6.07, 6.45) is 12.0. The molecule has 10 atom stereocenters. The van der Waals surface area contributed by atoms with Gasteiger partial charge < -0.3 is 14.6 Å². The minimum Gasteiger partial charge on any atom is -0.462 e. The van der Waals surface area contributed by atoms with E-state index in [1.54, 1.807) is 0 Å². The van der Waals surface area contributed by atoms with Gasteiger partial charge in [0.25, 0.3) is 0 Å². The maximum absolute atomic E-state index is 11.9. The normalized spacial score (nSPS) is 35.7. The number of benzene rings is 1. The molecule has 0 aliphatic heterocycles. The Morgan fingerprint density at radius 3 is 2.37 bits per heavy atom. The number of aliphatic hydroxyl groups is 1. The van der Waals surface area contributed by atoms with Crippen LogP contribution in [0, 0.1) is 46.3 Å². The lowest BCUT2D eigenvalue weighted by Crippen LogP contribution is -2.51. The molecule has 5 rings (SSSR count). The molecule has 4 aliphatic carbocycles. The minimum absolute atomic E-state index is 0.0459. The SMILES string of the molecule is CC(=O)O[C@H]1CC[C@@]2(C)C(=CC[C@@H]3[C@@H]2CC[C@]2(C)C([C@H](C)C(O)[C@H](OCc4ccccc4)[C@@H](C)C(C)C)=CC[C@@H]32)C1. The molecule has 2 fully saturated rings. The minimum atomic E-state index is -0.539. The first-order chi connectivity index (χ1) is 19.5. The van der Waals surface area contributed by atoms with E-state index in [1.165, 1.54) is 30.9 Å². The average Bonchev–Trinajstić information content (AvgIpc) is 3.30. The van der Waals surface area contributed by atoms with Gasteiger partial charge in [-0.3, -0.25) is 4.79 Å². The second kappa shape index (κ2) is 12.0. The lowest BCUT2D eigenvalue weighted by atomic mass is 9.47. The highest BCUT2D eigenvalue weighted by molar-refractivity contribution is 5.66. The van der Waals surface area contributed by atoms with Crippen LogP contribution in [0.15, 0.2) is 53.6 Å². The number of allylic oxidation sites excluding steroid dienone is 2. The molecule has 0 amide bonds. The van der Waals surface area contributed by atoms with Crippen LogP contribution in [0.3, 0.4) is 0 Å². The summed E-state index contributed by atoms with van der Waals surface area (Å²) in [6, 6.07) is 10.3. The summed E-state index contributed by atoms with van der Waals surface area (Å²) in [7, 11) is 0. The van der Waals surface area contributed by atoms with Gasteiger partial charge in [-0.05, 0) is 84.5 Å². The van der Waals surface area contributed by atoms with Crippen molar-refractivity contribution in [2.45, 2.75) is 118 Å². The molecule has 1 aromatic carbocycles. The fourth-order valence-electron chi connectivity index (χ4n) is 9.45. The van der Waals surface area contributed by atoms with Gasteiger partial charge in [0.1, 0.15) is 6.10 Å². The molecule has 4 aliphatic rings. The van der Waals surface area contributed by atoms with Crippen LogP contribution in [0.4, 0.5) is 0 Å². The van der Waals surface area contributed by atoms with Gasteiger partial charge in [0.15, 0.2) is 0 Å². The first-order valence-electron chi connectivity index (χ1n) is 16.4. The Morgan fingerprint density at radius 1 is 0.976 bits per heavy atom. The van der Waals surface area contributed by atoms with Crippen LogP contribution in [-0.4, -0.2) is 29.4 Å². The third kappa shape index (κ3) is 5.73. The van der Waals surface area contributed by atoms with E-state index in [-0.39, 0.29) is 40.8 Å².